The van der Waals surface area contributed by atoms with E-state index in [0.29, 0.717) is 29.4 Å². The molecule has 0 atom stereocenters. The minimum absolute atomic E-state index is 0.00316. The molecule has 2 aromatic rings. The van der Waals surface area contributed by atoms with E-state index in [1.807, 2.05) is 19.1 Å². The number of carbonyl (C=O) groups excluding carboxylic acids is 2. The Kier molecular flexibility index (Phi) is 7.95. The van der Waals surface area contributed by atoms with Crippen molar-refractivity contribution in [1.82, 2.24) is 16.2 Å². The standard InChI is InChI=1S/C21H25N3O3S/c1-14(2)11-12-27-18-6-4-5-17(13-18)19(25)22-21(28)24-23-20(26)16-9-7-15(3)8-10-16/h4-10,13-14H,11-12H2,1-3H3,(H,23,26)(H2,22,24,25,28). The van der Waals surface area contributed by atoms with Crippen LogP contribution in [0.3, 0.4) is 0 Å². The van der Waals surface area contributed by atoms with Crippen LogP contribution in [-0.4, -0.2) is 23.5 Å². The Morgan fingerprint density at radius 3 is 2.39 bits per heavy atom. The fourth-order valence-electron chi connectivity index (χ4n) is 2.24. The molecule has 0 radical (unpaired) electrons. The molecule has 3 N–H and O–H groups in total. The summed E-state index contributed by atoms with van der Waals surface area (Å²) in [5, 5.41) is 2.52. The molecule has 0 aliphatic rings. The Morgan fingerprint density at radius 1 is 1.00 bits per heavy atom. The molecule has 0 fully saturated rings. The summed E-state index contributed by atoms with van der Waals surface area (Å²) in [6.45, 7) is 6.78. The van der Waals surface area contributed by atoms with Crippen molar-refractivity contribution in [3.8, 4) is 5.75 Å². The summed E-state index contributed by atoms with van der Waals surface area (Å²) in [6, 6.07) is 14.0. The van der Waals surface area contributed by atoms with Crippen molar-refractivity contribution in [1.29, 1.82) is 0 Å². The van der Waals surface area contributed by atoms with Gasteiger partial charge < -0.3 is 4.74 Å². The van der Waals surface area contributed by atoms with Gasteiger partial charge in [-0.3, -0.25) is 25.8 Å². The van der Waals surface area contributed by atoms with Crippen LogP contribution < -0.4 is 20.9 Å². The third kappa shape index (κ3) is 7.00. The lowest BCUT2D eigenvalue weighted by Crippen LogP contribution is -2.48. The van der Waals surface area contributed by atoms with Crippen LogP contribution in [0.1, 0.15) is 46.5 Å². The zero-order chi connectivity index (χ0) is 20.5. The van der Waals surface area contributed by atoms with Crippen LogP contribution in [0.15, 0.2) is 48.5 Å². The van der Waals surface area contributed by atoms with Crippen molar-refractivity contribution in [2.45, 2.75) is 27.2 Å². The highest BCUT2D eigenvalue weighted by atomic mass is 32.1. The van der Waals surface area contributed by atoms with Gasteiger partial charge in [-0.25, -0.2) is 0 Å². The lowest BCUT2D eigenvalue weighted by molar-refractivity contribution is 0.0934. The van der Waals surface area contributed by atoms with E-state index in [4.69, 9.17) is 17.0 Å². The predicted octanol–water partition coefficient (Wildman–Crippen LogP) is 3.37. The summed E-state index contributed by atoms with van der Waals surface area (Å²) in [5.41, 5.74) is 6.94. The molecular weight excluding hydrogens is 374 g/mol. The zero-order valence-electron chi connectivity index (χ0n) is 16.2. The molecule has 0 aliphatic heterocycles. The van der Waals surface area contributed by atoms with Crippen LogP contribution in [-0.2, 0) is 0 Å². The smallest absolute Gasteiger partial charge is 0.269 e. The van der Waals surface area contributed by atoms with Crippen molar-refractivity contribution in [2.24, 2.45) is 5.92 Å². The van der Waals surface area contributed by atoms with Gasteiger partial charge in [0.2, 0.25) is 0 Å². The largest absolute Gasteiger partial charge is 0.494 e. The van der Waals surface area contributed by atoms with Crippen LogP contribution in [0, 0.1) is 12.8 Å². The van der Waals surface area contributed by atoms with E-state index in [2.05, 4.69) is 30.0 Å². The second kappa shape index (κ2) is 10.4. The van der Waals surface area contributed by atoms with E-state index in [0.717, 1.165) is 12.0 Å². The topological polar surface area (TPSA) is 79.5 Å². The van der Waals surface area contributed by atoms with Gasteiger partial charge >= 0.3 is 0 Å². The third-order valence-corrected chi connectivity index (χ3v) is 4.09. The van der Waals surface area contributed by atoms with Crippen molar-refractivity contribution in [3.63, 3.8) is 0 Å². The number of thiocarbonyl (C=S) groups is 1. The highest BCUT2D eigenvalue weighted by Gasteiger charge is 2.10. The normalized spacial score (nSPS) is 10.3. The Balaban J connectivity index is 1.84. The minimum Gasteiger partial charge on any atom is -0.494 e. The SMILES string of the molecule is Cc1ccc(C(=O)NNC(=S)NC(=O)c2cccc(OCCC(C)C)c2)cc1. The first-order valence-electron chi connectivity index (χ1n) is 9.06. The fourth-order valence-corrected chi connectivity index (χ4v) is 2.38. The molecule has 0 saturated carbocycles. The lowest BCUT2D eigenvalue weighted by atomic mass is 10.1. The molecule has 0 aromatic heterocycles. The van der Waals surface area contributed by atoms with E-state index in [-0.39, 0.29) is 11.0 Å². The number of ether oxygens (including phenoxy) is 1. The van der Waals surface area contributed by atoms with E-state index < -0.39 is 5.91 Å². The molecule has 2 aromatic carbocycles. The summed E-state index contributed by atoms with van der Waals surface area (Å²) in [4.78, 5) is 24.4. The maximum Gasteiger partial charge on any atom is 0.269 e. The van der Waals surface area contributed by atoms with Gasteiger partial charge in [0, 0.05) is 11.1 Å². The molecule has 0 heterocycles. The van der Waals surface area contributed by atoms with Gasteiger partial charge in [0.25, 0.3) is 11.8 Å². The highest BCUT2D eigenvalue weighted by molar-refractivity contribution is 7.80. The summed E-state index contributed by atoms with van der Waals surface area (Å²) in [6.07, 6.45) is 0.936. The summed E-state index contributed by atoms with van der Waals surface area (Å²) < 4.78 is 5.66. The second-order valence-corrected chi connectivity index (χ2v) is 7.20. The maximum atomic E-state index is 12.3. The molecular formula is C21H25N3O3S. The van der Waals surface area contributed by atoms with Crippen molar-refractivity contribution in [3.05, 3.63) is 65.2 Å². The molecule has 7 heteroatoms. The number of amides is 2. The summed E-state index contributed by atoms with van der Waals surface area (Å²) >= 11 is 5.06. The quantitative estimate of drug-likeness (QED) is 0.513. The molecule has 0 aliphatic carbocycles. The van der Waals surface area contributed by atoms with Gasteiger partial charge in [-0.05, 0) is 61.8 Å². The van der Waals surface area contributed by atoms with Gasteiger partial charge in [0.1, 0.15) is 5.75 Å². The Hall–Kier alpha value is -2.93. The maximum absolute atomic E-state index is 12.3. The van der Waals surface area contributed by atoms with E-state index in [1.165, 1.54) is 0 Å². The number of aryl methyl sites for hydroxylation is 1. The van der Waals surface area contributed by atoms with Crippen LogP contribution in [0.4, 0.5) is 0 Å². The fraction of sp³-hybridized carbons (Fsp3) is 0.286. The summed E-state index contributed by atoms with van der Waals surface area (Å²) in [7, 11) is 0. The van der Waals surface area contributed by atoms with Crippen LogP contribution in [0.25, 0.3) is 0 Å². The first kappa shape index (κ1) is 21.4. The number of rotatable bonds is 6. The molecule has 6 nitrogen and oxygen atoms in total. The number of carbonyl (C=O) groups is 2. The molecule has 2 amide bonds. The average Bonchev–Trinajstić information content (AvgIpc) is 2.66. The predicted molar refractivity (Wildman–Crippen MR) is 113 cm³/mol. The zero-order valence-corrected chi connectivity index (χ0v) is 17.1. The number of hydrazine groups is 1. The Labute approximate surface area is 170 Å². The average molecular weight is 400 g/mol. The third-order valence-electron chi connectivity index (χ3n) is 3.89. The Bertz CT molecular complexity index is 835. The van der Waals surface area contributed by atoms with Crippen molar-refractivity contribution >= 4 is 29.1 Å². The molecule has 0 unspecified atom stereocenters. The lowest BCUT2D eigenvalue weighted by Gasteiger charge is -2.12. The highest BCUT2D eigenvalue weighted by Crippen LogP contribution is 2.14. The van der Waals surface area contributed by atoms with Crippen LogP contribution in [0.5, 0.6) is 5.75 Å². The first-order chi connectivity index (χ1) is 13.3. The Morgan fingerprint density at radius 2 is 1.71 bits per heavy atom. The molecule has 28 heavy (non-hydrogen) atoms. The molecule has 0 bridgehead atoms. The van der Waals surface area contributed by atoms with Crippen molar-refractivity contribution < 1.29 is 14.3 Å². The van der Waals surface area contributed by atoms with E-state index in [9.17, 15) is 9.59 Å². The summed E-state index contributed by atoms with van der Waals surface area (Å²) in [5.74, 6) is 0.429. The second-order valence-electron chi connectivity index (χ2n) is 6.79. The van der Waals surface area contributed by atoms with Gasteiger partial charge in [0.15, 0.2) is 5.11 Å². The molecule has 0 saturated heterocycles. The van der Waals surface area contributed by atoms with E-state index >= 15 is 0 Å². The van der Waals surface area contributed by atoms with Crippen LogP contribution >= 0.6 is 12.2 Å². The monoisotopic (exact) mass is 399 g/mol. The molecule has 0 spiro atoms. The minimum atomic E-state index is -0.392. The van der Waals surface area contributed by atoms with Gasteiger partial charge in [-0.1, -0.05) is 37.6 Å². The number of nitrogens with one attached hydrogen (secondary N) is 3. The van der Waals surface area contributed by atoms with E-state index in [1.54, 1.807) is 36.4 Å². The van der Waals surface area contributed by atoms with Gasteiger partial charge in [0.05, 0.1) is 6.61 Å². The van der Waals surface area contributed by atoms with Gasteiger partial charge in [-0.2, -0.15) is 0 Å². The number of hydrogen-bond acceptors (Lipinski definition) is 4. The first-order valence-corrected chi connectivity index (χ1v) is 9.47. The molecule has 2 rings (SSSR count). The van der Waals surface area contributed by atoms with Crippen molar-refractivity contribution in [2.75, 3.05) is 6.61 Å². The number of benzene rings is 2. The van der Waals surface area contributed by atoms with Crippen LogP contribution in [0.2, 0.25) is 0 Å². The van der Waals surface area contributed by atoms with Gasteiger partial charge in [-0.15, -0.1) is 0 Å². The number of hydrogen-bond donors (Lipinski definition) is 3. The molecule has 148 valence electrons.